The first-order chi connectivity index (χ1) is 7.77. The third kappa shape index (κ3) is 2.65. The van der Waals surface area contributed by atoms with Crippen LogP contribution < -0.4 is 5.32 Å². The Kier molecular flexibility index (Phi) is 3.63. The number of hydrogen-bond donors (Lipinski definition) is 1. The maximum Gasteiger partial charge on any atom is 0.254 e. The summed E-state index contributed by atoms with van der Waals surface area (Å²) >= 11 is 4.74. The standard InChI is InChI=1S/C10H8BrN3OS/c11-9-8(2-1-3-12-9)10(15)13-4-7-5-16-6-14-7/h1-3,5-6H,4H2,(H,13,15). The topological polar surface area (TPSA) is 54.9 Å². The lowest BCUT2D eigenvalue weighted by molar-refractivity contribution is 0.0949. The van der Waals surface area contributed by atoms with Crippen LogP contribution in [0.1, 0.15) is 16.1 Å². The number of nitrogens with one attached hydrogen (secondary N) is 1. The molecule has 2 aromatic heterocycles. The molecule has 1 amide bonds. The maximum absolute atomic E-state index is 11.8. The van der Waals surface area contributed by atoms with Crippen LogP contribution in [0.5, 0.6) is 0 Å². The second kappa shape index (κ2) is 5.18. The van der Waals surface area contributed by atoms with Gasteiger partial charge < -0.3 is 5.32 Å². The molecular weight excluding hydrogens is 290 g/mol. The van der Waals surface area contributed by atoms with Crippen LogP contribution in [0.2, 0.25) is 0 Å². The first kappa shape index (κ1) is 11.2. The Labute approximate surface area is 105 Å². The lowest BCUT2D eigenvalue weighted by atomic mass is 10.2. The van der Waals surface area contributed by atoms with Crippen molar-refractivity contribution < 1.29 is 4.79 Å². The lowest BCUT2D eigenvalue weighted by Crippen LogP contribution is -2.23. The van der Waals surface area contributed by atoms with Crippen molar-refractivity contribution in [3.63, 3.8) is 0 Å². The van der Waals surface area contributed by atoms with Crippen LogP contribution in [0.25, 0.3) is 0 Å². The molecule has 0 atom stereocenters. The number of rotatable bonds is 3. The largest absolute Gasteiger partial charge is 0.346 e. The van der Waals surface area contributed by atoms with E-state index in [1.54, 1.807) is 23.8 Å². The molecule has 2 heterocycles. The summed E-state index contributed by atoms with van der Waals surface area (Å²) < 4.78 is 0.547. The predicted molar refractivity (Wildman–Crippen MR) is 65.2 cm³/mol. The Hall–Kier alpha value is -1.27. The van der Waals surface area contributed by atoms with Crippen LogP contribution >= 0.6 is 27.3 Å². The average molecular weight is 298 g/mol. The van der Waals surface area contributed by atoms with Crippen molar-refractivity contribution in [2.75, 3.05) is 0 Å². The van der Waals surface area contributed by atoms with Crippen molar-refractivity contribution in [2.24, 2.45) is 0 Å². The zero-order chi connectivity index (χ0) is 11.4. The number of nitrogens with zero attached hydrogens (tertiary/aromatic N) is 2. The summed E-state index contributed by atoms with van der Waals surface area (Å²) in [7, 11) is 0. The minimum Gasteiger partial charge on any atom is -0.346 e. The maximum atomic E-state index is 11.8. The quantitative estimate of drug-likeness (QED) is 0.884. The first-order valence-electron chi connectivity index (χ1n) is 4.53. The van der Waals surface area contributed by atoms with Crippen LogP contribution in [-0.4, -0.2) is 15.9 Å². The van der Waals surface area contributed by atoms with E-state index in [2.05, 4.69) is 31.2 Å². The molecule has 0 aliphatic rings. The SMILES string of the molecule is O=C(NCc1cscn1)c1cccnc1Br. The Bertz CT molecular complexity index is 487. The smallest absolute Gasteiger partial charge is 0.254 e. The highest BCUT2D eigenvalue weighted by Gasteiger charge is 2.09. The fraction of sp³-hybridized carbons (Fsp3) is 0.100. The minimum absolute atomic E-state index is 0.159. The van der Waals surface area contributed by atoms with E-state index >= 15 is 0 Å². The lowest BCUT2D eigenvalue weighted by Gasteiger charge is -2.04. The van der Waals surface area contributed by atoms with E-state index in [9.17, 15) is 4.79 Å². The number of hydrogen-bond acceptors (Lipinski definition) is 4. The van der Waals surface area contributed by atoms with Gasteiger partial charge in [-0.05, 0) is 28.1 Å². The highest BCUT2D eigenvalue weighted by Crippen LogP contribution is 2.12. The Balaban J connectivity index is 2.01. The van der Waals surface area contributed by atoms with E-state index in [0.717, 1.165) is 5.69 Å². The molecule has 0 bridgehead atoms. The summed E-state index contributed by atoms with van der Waals surface area (Å²) in [5.41, 5.74) is 3.12. The van der Waals surface area contributed by atoms with Gasteiger partial charge in [-0.2, -0.15) is 0 Å². The van der Waals surface area contributed by atoms with Crippen LogP contribution in [0, 0.1) is 0 Å². The van der Waals surface area contributed by atoms with Gasteiger partial charge in [0.15, 0.2) is 0 Å². The van der Waals surface area contributed by atoms with Crippen molar-refractivity contribution in [1.82, 2.24) is 15.3 Å². The van der Waals surface area contributed by atoms with Crippen molar-refractivity contribution in [1.29, 1.82) is 0 Å². The van der Waals surface area contributed by atoms with Crippen LogP contribution in [-0.2, 0) is 6.54 Å². The number of pyridine rings is 1. The number of carbonyl (C=O) groups excluding carboxylic acids is 1. The van der Waals surface area contributed by atoms with E-state index in [4.69, 9.17) is 0 Å². The Morgan fingerprint density at radius 1 is 1.50 bits per heavy atom. The fourth-order valence-electron chi connectivity index (χ4n) is 1.15. The number of halogens is 1. The van der Waals surface area contributed by atoms with Gasteiger partial charge in [0.2, 0.25) is 0 Å². The van der Waals surface area contributed by atoms with Gasteiger partial charge in [0.1, 0.15) is 4.60 Å². The molecule has 1 N–H and O–H groups in total. The molecule has 2 aromatic rings. The first-order valence-corrected chi connectivity index (χ1v) is 6.27. The third-order valence-corrected chi connectivity index (χ3v) is 3.18. The molecule has 0 radical (unpaired) electrons. The summed E-state index contributed by atoms with van der Waals surface area (Å²) in [6.45, 7) is 0.434. The molecule has 6 heteroatoms. The second-order valence-electron chi connectivity index (χ2n) is 3.00. The van der Waals surface area contributed by atoms with E-state index in [0.29, 0.717) is 16.7 Å². The third-order valence-electron chi connectivity index (χ3n) is 1.92. The van der Waals surface area contributed by atoms with Gasteiger partial charge in [0.05, 0.1) is 23.3 Å². The van der Waals surface area contributed by atoms with Gasteiger partial charge >= 0.3 is 0 Å². The monoisotopic (exact) mass is 297 g/mol. The van der Waals surface area contributed by atoms with Crippen molar-refractivity contribution >= 4 is 33.2 Å². The van der Waals surface area contributed by atoms with Crippen LogP contribution in [0.3, 0.4) is 0 Å². The highest BCUT2D eigenvalue weighted by atomic mass is 79.9. The van der Waals surface area contributed by atoms with E-state index in [1.165, 1.54) is 11.3 Å². The van der Waals surface area contributed by atoms with Crippen LogP contribution in [0.15, 0.2) is 33.8 Å². The molecule has 0 fully saturated rings. The molecule has 82 valence electrons. The molecular formula is C10H8BrN3OS. The summed E-state index contributed by atoms with van der Waals surface area (Å²) in [6.07, 6.45) is 1.63. The normalized spacial score (nSPS) is 10.1. The number of amides is 1. The van der Waals surface area contributed by atoms with Gasteiger partial charge in [0, 0.05) is 11.6 Å². The minimum atomic E-state index is -0.159. The van der Waals surface area contributed by atoms with Crippen molar-refractivity contribution in [3.05, 3.63) is 45.1 Å². The fourth-order valence-corrected chi connectivity index (χ4v) is 2.14. The molecule has 4 nitrogen and oxygen atoms in total. The molecule has 16 heavy (non-hydrogen) atoms. The molecule has 0 aliphatic heterocycles. The summed E-state index contributed by atoms with van der Waals surface area (Å²) in [5, 5.41) is 4.68. The highest BCUT2D eigenvalue weighted by molar-refractivity contribution is 9.10. The Morgan fingerprint density at radius 2 is 2.38 bits per heavy atom. The molecule has 0 aliphatic carbocycles. The van der Waals surface area contributed by atoms with E-state index < -0.39 is 0 Å². The summed E-state index contributed by atoms with van der Waals surface area (Å²) in [4.78, 5) is 19.8. The summed E-state index contributed by atoms with van der Waals surface area (Å²) in [5.74, 6) is -0.159. The van der Waals surface area contributed by atoms with E-state index in [1.807, 2.05) is 5.38 Å². The number of thiazole rings is 1. The van der Waals surface area contributed by atoms with E-state index in [-0.39, 0.29) is 5.91 Å². The molecule has 0 spiro atoms. The van der Waals surface area contributed by atoms with Gasteiger partial charge in [-0.1, -0.05) is 0 Å². The zero-order valence-electron chi connectivity index (χ0n) is 8.18. The zero-order valence-corrected chi connectivity index (χ0v) is 10.6. The van der Waals surface area contributed by atoms with Crippen LogP contribution in [0.4, 0.5) is 0 Å². The number of carbonyl (C=O) groups is 1. The van der Waals surface area contributed by atoms with Gasteiger partial charge in [-0.25, -0.2) is 9.97 Å². The number of aromatic nitrogens is 2. The van der Waals surface area contributed by atoms with Crippen molar-refractivity contribution in [3.8, 4) is 0 Å². The Morgan fingerprint density at radius 3 is 3.06 bits per heavy atom. The van der Waals surface area contributed by atoms with Crippen molar-refractivity contribution in [2.45, 2.75) is 6.54 Å². The molecule has 0 saturated heterocycles. The van der Waals surface area contributed by atoms with Gasteiger partial charge in [-0.15, -0.1) is 11.3 Å². The second-order valence-corrected chi connectivity index (χ2v) is 4.47. The van der Waals surface area contributed by atoms with Gasteiger partial charge in [0.25, 0.3) is 5.91 Å². The molecule has 0 unspecified atom stereocenters. The molecule has 2 rings (SSSR count). The average Bonchev–Trinajstić information content (AvgIpc) is 2.79. The molecule has 0 saturated carbocycles. The summed E-state index contributed by atoms with van der Waals surface area (Å²) in [6, 6.07) is 3.44. The predicted octanol–water partition coefficient (Wildman–Crippen LogP) is 2.23. The van der Waals surface area contributed by atoms with Gasteiger partial charge in [-0.3, -0.25) is 4.79 Å². The molecule has 0 aromatic carbocycles.